The van der Waals surface area contributed by atoms with Gasteiger partial charge in [-0.15, -0.1) is 0 Å². The molecule has 0 bridgehead atoms. The molecule has 1 N–H and O–H groups in total. The molecule has 0 radical (unpaired) electrons. The second-order valence-electron chi connectivity index (χ2n) is 3.64. The molecule has 2 saturated carbocycles. The fourth-order valence-electron chi connectivity index (χ4n) is 2.12. The SMILES string of the molecule is O[C@@H]1CC12CCCCC2. The minimum atomic E-state index is 0.0813. The molecule has 0 amide bonds. The van der Waals surface area contributed by atoms with Gasteiger partial charge in [-0.05, 0) is 24.7 Å². The molecule has 0 aromatic heterocycles. The maximum Gasteiger partial charge on any atom is 0.0603 e. The van der Waals surface area contributed by atoms with E-state index in [4.69, 9.17) is 0 Å². The normalized spacial score (nSPS) is 39.0. The Morgan fingerprint density at radius 1 is 1.11 bits per heavy atom. The first-order chi connectivity index (χ1) is 4.33. The minimum absolute atomic E-state index is 0.0813. The fourth-order valence-corrected chi connectivity index (χ4v) is 2.12. The Kier molecular flexibility index (Phi) is 1.10. The summed E-state index contributed by atoms with van der Waals surface area (Å²) in [6.07, 6.45) is 7.90. The maximum absolute atomic E-state index is 9.24. The molecular weight excluding hydrogens is 112 g/mol. The Balaban J connectivity index is 1.97. The smallest absolute Gasteiger partial charge is 0.0603 e. The fraction of sp³-hybridized carbons (Fsp3) is 1.00. The average molecular weight is 126 g/mol. The number of aliphatic hydroxyl groups excluding tert-OH is 1. The highest BCUT2D eigenvalue weighted by atomic mass is 16.3. The highest BCUT2D eigenvalue weighted by molar-refractivity contribution is 5.03. The summed E-state index contributed by atoms with van der Waals surface area (Å²) in [4.78, 5) is 0. The Bertz CT molecular complexity index is 114. The summed E-state index contributed by atoms with van der Waals surface area (Å²) in [5, 5.41) is 9.24. The van der Waals surface area contributed by atoms with E-state index in [1.165, 1.54) is 32.1 Å². The van der Waals surface area contributed by atoms with Crippen LogP contribution in [0.5, 0.6) is 0 Å². The lowest BCUT2D eigenvalue weighted by molar-refractivity contribution is 0.186. The van der Waals surface area contributed by atoms with Crippen molar-refractivity contribution in [1.29, 1.82) is 0 Å². The van der Waals surface area contributed by atoms with Gasteiger partial charge in [-0.25, -0.2) is 0 Å². The summed E-state index contributed by atoms with van der Waals surface area (Å²) < 4.78 is 0. The predicted molar refractivity (Wildman–Crippen MR) is 36.1 cm³/mol. The van der Waals surface area contributed by atoms with Gasteiger partial charge in [-0.2, -0.15) is 0 Å². The van der Waals surface area contributed by atoms with Gasteiger partial charge in [0.05, 0.1) is 6.10 Å². The van der Waals surface area contributed by atoms with Crippen molar-refractivity contribution in [3.63, 3.8) is 0 Å². The van der Waals surface area contributed by atoms with E-state index in [2.05, 4.69) is 0 Å². The van der Waals surface area contributed by atoms with Crippen LogP contribution in [0.15, 0.2) is 0 Å². The summed E-state index contributed by atoms with van der Waals surface area (Å²) in [5.41, 5.74) is 0.443. The molecule has 2 aliphatic rings. The molecule has 2 aliphatic carbocycles. The van der Waals surface area contributed by atoms with Crippen LogP contribution in [0.2, 0.25) is 0 Å². The zero-order valence-electron chi connectivity index (χ0n) is 5.77. The third-order valence-electron chi connectivity index (χ3n) is 3.00. The van der Waals surface area contributed by atoms with Crippen molar-refractivity contribution < 1.29 is 5.11 Å². The molecule has 2 fully saturated rings. The summed E-state index contributed by atoms with van der Waals surface area (Å²) in [7, 11) is 0. The van der Waals surface area contributed by atoms with Crippen LogP contribution in [-0.4, -0.2) is 11.2 Å². The summed E-state index contributed by atoms with van der Waals surface area (Å²) in [5.74, 6) is 0. The van der Waals surface area contributed by atoms with Crippen molar-refractivity contribution >= 4 is 0 Å². The van der Waals surface area contributed by atoms with Crippen LogP contribution in [0.1, 0.15) is 38.5 Å². The van der Waals surface area contributed by atoms with Gasteiger partial charge in [-0.1, -0.05) is 19.3 Å². The molecule has 1 nitrogen and oxygen atoms in total. The first-order valence-corrected chi connectivity index (χ1v) is 4.02. The molecular formula is C8H14O. The molecule has 52 valence electrons. The molecule has 1 spiro atoms. The van der Waals surface area contributed by atoms with E-state index in [9.17, 15) is 5.11 Å². The van der Waals surface area contributed by atoms with Crippen LogP contribution in [0.25, 0.3) is 0 Å². The lowest BCUT2D eigenvalue weighted by atomic mass is 9.86. The molecule has 0 aliphatic heterocycles. The quantitative estimate of drug-likeness (QED) is 0.523. The van der Waals surface area contributed by atoms with Gasteiger partial charge in [0.15, 0.2) is 0 Å². The molecule has 0 unspecified atom stereocenters. The lowest BCUT2D eigenvalue weighted by Gasteiger charge is -2.20. The van der Waals surface area contributed by atoms with Gasteiger partial charge in [0.25, 0.3) is 0 Å². The Morgan fingerprint density at radius 3 is 2.00 bits per heavy atom. The van der Waals surface area contributed by atoms with E-state index < -0.39 is 0 Å². The molecule has 1 atom stereocenters. The first-order valence-electron chi connectivity index (χ1n) is 4.02. The van der Waals surface area contributed by atoms with Crippen LogP contribution in [0.4, 0.5) is 0 Å². The maximum atomic E-state index is 9.24. The molecule has 0 saturated heterocycles. The molecule has 1 heteroatoms. The van der Waals surface area contributed by atoms with E-state index in [1.807, 2.05) is 0 Å². The van der Waals surface area contributed by atoms with Crippen molar-refractivity contribution in [3.8, 4) is 0 Å². The van der Waals surface area contributed by atoms with Crippen LogP contribution in [0, 0.1) is 5.41 Å². The van der Waals surface area contributed by atoms with E-state index in [0.29, 0.717) is 5.41 Å². The second-order valence-corrected chi connectivity index (χ2v) is 3.64. The average Bonchev–Trinajstić information content (AvgIpc) is 2.44. The van der Waals surface area contributed by atoms with Crippen molar-refractivity contribution in [3.05, 3.63) is 0 Å². The summed E-state index contributed by atoms with van der Waals surface area (Å²) in [6.45, 7) is 0. The van der Waals surface area contributed by atoms with E-state index >= 15 is 0 Å². The van der Waals surface area contributed by atoms with Crippen molar-refractivity contribution in [2.24, 2.45) is 5.41 Å². The number of hydrogen-bond donors (Lipinski definition) is 1. The molecule has 0 aromatic carbocycles. The Morgan fingerprint density at radius 2 is 1.67 bits per heavy atom. The van der Waals surface area contributed by atoms with E-state index in [-0.39, 0.29) is 6.10 Å². The van der Waals surface area contributed by atoms with Gasteiger partial charge in [0.1, 0.15) is 0 Å². The molecule has 0 aromatic rings. The lowest BCUT2D eigenvalue weighted by Crippen LogP contribution is -2.10. The standard InChI is InChI=1S/C8H14O/c9-7-6-8(7)4-2-1-3-5-8/h7,9H,1-6H2/t7-/m1/s1. The first kappa shape index (κ1) is 5.72. The monoisotopic (exact) mass is 126 g/mol. The third kappa shape index (κ3) is 0.787. The zero-order chi connectivity index (χ0) is 6.32. The van der Waals surface area contributed by atoms with Gasteiger partial charge < -0.3 is 5.11 Å². The highest BCUT2D eigenvalue weighted by Crippen LogP contribution is 2.56. The van der Waals surface area contributed by atoms with Crippen LogP contribution >= 0.6 is 0 Å². The van der Waals surface area contributed by atoms with E-state index in [1.54, 1.807) is 0 Å². The largest absolute Gasteiger partial charge is 0.393 e. The van der Waals surface area contributed by atoms with Gasteiger partial charge in [0, 0.05) is 0 Å². The van der Waals surface area contributed by atoms with Crippen LogP contribution < -0.4 is 0 Å². The molecule has 2 rings (SSSR count). The van der Waals surface area contributed by atoms with Crippen molar-refractivity contribution in [2.45, 2.75) is 44.6 Å². The summed E-state index contributed by atoms with van der Waals surface area (Å²) >= 11 is 0. The second kappa shape index (κ2) is 1.72. The topological polar surface area (TPSA) is 20.2 Å². The van der Waals surface area contributed by atoms with Crippen LogP contribution in [-0.2, 0) is 0 Å². The molecule has 9 heavy (non-hydrogen) atoms. The molecule has 0 heterocycles. The number of aliphatic hydroxyl groups is 1. The Hall–Kier alpha value is -0.0400. The van der Waals surface area contributed by atoms with Crippen LogP contribution in [0.3, 0.4) is 0 Å². The van der Waals surface area contributed by atoms with Gasteiger partial charge >= 0.3 is 0 Å². The van der Waals surface area contributed by atoms with Gasteiger partial charge in [0.2, 0.25) is 0 Å². The predicted octanol–water partition coefficient (Wildman–Crippen LogP) is 1.70. The highest BCUT2D eigenvalue weighted by Gasteiger charge is 2.52. The Labute approximate surface area is 56.1 Å². The number of rotatable bonds is 0. The summed E-state index contributed by atoms with van der Waals surface area (Å²) in [6, 6.07) is 0. The van der Waals surface area contributed by atoms with Crippen molar-refractivity contribution in [2.75, 3.05) is 0 Å². The number of hydrogen-bond acceptors (Lipinski definition) is 1. The zero-order valence-corrected chi connectivity index (χ0v) is 5.77. The van der Waals surface area contributed by atoms with Gasteiger partial charge in [-0.3, -0.25) is 0 Å². The third-order valence-corrected chi connectivity index (χ3v) is 3.00. The van der Waals surface area contributed by atoms with E-state index in [0.717, 1.165) is 6.42 Å². The minimum Gasteiger partial charge on any atom is -0.393 e. The van der Waals surface area contributed by atoms with Crippen molar-refractivity contribution in [1.82, 2.24) is 0 Å².